The van der Waals surface area contributed by atoms with Gasteiger partial charge in [0, 0.05) is 52.2 Å². The number of nitrogens with one attached hydrogen (secondary N) is 2. The lowest BCUT2D eigenvalue weighted by atomic mass is 10.1. The third-order valence-corrected chi connectivity index (χ3v) is 4.23. The molecule has 0 aromatic heterocycles. The van der Waals surface area contributed by atoms with Crippen molar-refractivity contribution in [1.29, 1.82) is 0 Å². The molecule has 2 heterocycles. The summed E-state index contributed by atoms with van der Waals surface area (Å²) in [4.78, 5) is 16.5. The molecule has 2 fully saturated rings. The van der Waals surface area contributed by atoms with Crippen LogP contribution in [0.15, 0.2) is 0 Å². The molecule has 0 spiro atoms. The molecule has 1 amide bonds. The van der Waals surface area contributed by atoms with Crippen LogP contribution in [0.1, 0.15) is 19.3 Å². The topological polar surface area (TPSA) is 47.6 Å². The predicted molar refractivity (Wildman–Crippen MR) is 77.2 cm³/mol. The number of hydrogen-bond donors (Lipinski definition) is 2. The van der Waals surface area contributed by atoms with E-state index in [1.165, 1.54) is 19.5 Å². The molecule has 0 aromatic rings. The van der Waals surface area contributed by atoms with E-state index in [-0.39, 0.29) is 5.91 Å². The van der Waals surface area contributed by atoms with Crippen LogP contribution in [0.4, 0.5) is 0 Å². The van der Waals surface area contributed by atoms with Crippen molar-refractivity contribution in [1.82, 2.24) is 20.4 Å². The van der Waals surface area contributed by atoms with Crippen molar-refractivity contribution in [2.24, 2.45) is 5.92 Å². The summed E-state index contributed by atoms with van der Waals surface area (Å²) in [5, 5.41) is 6.39. The van der Waals surface area contributed by atoms with Crippen molar-refractivity contribution < 1.29 is 4.79 Å². The van der Waals surface area contributed by atoms with E-state index in [2.05, 4.69) is 27.5 Å². The fraction of sp³-hybridized carbons (Fsp3) is 0.929. The van der Waals surface area contributed by atoms with Crippen LogP contribution in [-0.2, 0) is 4.79 Å². The summed E-state index contributed by atoms with van der Waals surface area (Å²) >= 11 is 0. The first-order chi connectivity index (χ1) is 9.24. The van der Waals surface area contributed by atoms with Gasteiger partial charge >= 0.3 is 0 Å². The van der Waals surface area contributed by atoms with E-state index in [1.54, 1.807) is 0 Å². The molecular formula is C14H28N4O. The van der Waals surface area contributed by atoms with Crippen molar-refractivity contribution >= 4 is 5.91 Å². The summed E-state index contributed by atoms with van der Waals surface area (Å²) in [6, 6.07) is 0. The normalized spacial score (nSPS) is 25.6. The number of carbonyl (C=O) groups excluding carboxylic acids is 1. The molecule has 19 heavy (non-hydrogen) atoms. The van der Waals surface area contributed by atoms with Gasteiger partial charge in [-0.2, -0.15) is 0 Å². The van der Waals surface area contributed by atoms with Gasteiger partial charge in [-0.3, -0.25) is 4.79 Å². The number of carbonyl (C=O) groups is 1. The first-order valence-corrected chi connectivity index (χ1v) is 7.62. The third-order valence-electron chi connectivity index (χ3n) is 4.23. The molecule has 1 unspecified atom stereocenters. The minimum atomic E-state index is 0.213. The molecule has 0 bridgehead atoms. The van der Waals surface area contributed by atoms with E-state index in [1.807, 2.05) is 0 Å². The van der Waals surface area contributed by atoms with Gasteiger partial charge < -0.3 is 20.4 Å². The van der Waals surface area contributed by atoms with E-state index in [0.29, 0.717) is 6.42 Å². The van der Waals surface area contributed by atoms with Crippen molar-refractivity contribution in [3.63, 3.8) is 0 Å². The Morgan fingerprint density at radius 2 is 2.11 bits per heavy atom. The second kappa shape index (κ2) is 7.82. The van der Waals surface area contributed by atoms with Gasteiger partial charge in [0.05, 0.1) is 0 Å². The van der Waals surface area contributed by atoms with Crippen LogP contribution < -0.4 is 10.6 Å². The average Bonchev–Trinajstić information content (AvgIpc) is 2.83. The highest BCUT2D eigenvalue weighted by Crippen LogP contribution is 2.16. The van der Waals surface area contributed by atoms with Gasteiger partial charge in [0.2, 0.25) is 5.91 Å². The zero-order valence-electron chi connectivity index (χ0n) is 12.2. The molecule has 0 saturated carbocycles. The Morgan fingerprint density at radius 3 is 2.79 bits per heavy atom. The van der Waals surface area contributed by atoms with Crippen LogP contribution in [0.2, 0.25) is 0 Å². The number of hydrogen-bond acceptors (Lipinski definition) is 4. The predicted octanol–water partition coefficient (Wildman–Crippen LogP) is -0.260. The largest absolute Gasteiger partial charge is 0.356 e. The second-order valence-electron chi connectivity index (χ2n) is 5.90. The molecule has 5 nitrogen and oxygen atoms in total. The van der Waals surface area contributed by atoms with E-state index in [9.17, 15) is 4.79 Å². The molecule has 110 valence electrons. The van der Waals surface area contributed by atoms with Crippen LogP contribution in [-0.4, -0.2) is 75.1 Å². The van der Waals surface area contributed by atoms with E-state index in [0.717, 1.165) is 51.6 Å². The summed E-state index contributed by atoms with van der Waals surface area (Å²) < 4.78 is 0. The number of piperazine rings is 1. The summed E-state index contributed by atoms with van der Waals surface area (Å²) in [6.07, 6.45) is 3.06. The Hall–Kier alpha value is -0.650. The summed E-state index contributed by atoms with van der Waals surface area (Å²) in [5.41, 5.74) is 0. The molecule has 1 atom stereocenters. The number of nitrogens with zero attached hydrogens (tertiary/aromatic N) is 2. The number of likely N-dealkylation sites (tertiary alicyclic amines) is 1. The fourth-order valence-electron chi connectivity index (χ4n) is 2.96. The lowest BCUT2D eigenvalue weighted by Crippen LogP contribution is -2.44. The van der Waals surface area contributed by atoms with Gasteiger partial charge in [-0.1, -0.05) is 0 Å². The third kappa shape index (κ3) is 5.47. The van der Waals surface area contributed by atoms with Crippen molar-refractivity contribution in [3.8, 4) is 0 Å². The van der Waals surface area contributed by atoms with Gasteiger partial charge in [-0.15, -0.1) is 0 Å². The molecule has 2 rings (SSSR count). The minimum absolute atomic E-state index is 0.213. The standard InChI is InChI=1S/C14H28N4O/c1-17-8-3-13(12-17)2-5-16-14(19)4-9-18-10-6-15-7-11-18/h13,15H,2-12H2,1H3,(H,16,19). The SMILES string of the molecule is CN1CCC(CCNC(=O)CCN2CCNCC2)C1. The van der Waals surface area contributed by atoms with E-state index < -0.39 is 0 Å². The Kier molecular flexibility index (Phi) is 6.07. The fourth-order valence-corrected chi connectivity index (χ4v) is 2.96. The zero-order valence-corrected chi connectivity index (χ0v) is 12.2. The molecule has 2 N–H and O–H groups in total. The Morgan fingerprint density at radius 1 is 1.32 bits per heavy atom. The van der Waals surface area contributed by atoms with Gasteiger partial charge in [0.25, 0.3) is 0 Å². The molecule has 0 aromatic carbocycles. The van der Waals surface area contributed by atoms with Crippen molar-refractivity contribution in [2.75, 3.05) is 59.4 Å². The van der Waals surface area contributed by atoms with Gasteiger partial charge in [-0.25, -0.2) is 0 Å². The van der Waals surface area contributed by atoms with Crippen LogP contribution in [0.25, 0.3) is 0 Å². The van der Waals surface area contributed by atoms with Gasteiger partial charge in [0.1, 0.15) is 0 Å². The summed E-state index contributed by atoms with van der Waals surface area (Å²) in [7, 11) is 2.17. The maximum absolute atomic E-state index is 11.8. The molecule has 2 saturated heterocycles. The zero-order chi connectivity index (χ0) is 13.5. The number of rotatable bonds is 6. The highest BCUT2D eigenvalue weighted by Gasteiger charge is 2.19. The molecule has 0 radical (unpaired) electrons. The molecule has 2 aliphatic rings. The molecule has 2 aliphatic heterocycles. The van der Waals surface area contributed by atoms with E-state index >= 15 is 0 Å². The summed E-state index contributed by atoms with van der Waals surface area (Å²) in [5.74, 6) is 0.989. The Bertz CT molecular complexity index is 279. The lowest BCUT2D eigenvalue weighted by molar-refractivity contribution is -0.121. The molecular weight excluding hydrogens is 240 g/mol. The Labute approximate surface area is 116 Å². The summed E-state index contributed by atoms with van der Waals surface area (Å²) in [6.45, 7) is 8.40. The van der Waals surface area contributed by atoms with Crippen LogP contribution in [0.3, 0.4) is 0 Å². The van der Waals surface area contributed by atoms with Gasteiger partial charge in [-0.05, 0) is 32.4 Å². The first kappa shape index (κ1) is 14.8. The maximum atomic E-state index is 11.8. The van der Waals surface area contributed by atoms with Crippen LogP contribution in [0, 0.1) is 5.92 Å². The van der Waals surface area contributed by atoms with Crippen molar-refractivity contribution in [2.45, 2.75) is 19.3 Å². The van der Waals surface area contributed by atoms with Crippen molar-refractivity contribution in [3.05, 3.63) is 0 Å². The lowest BCUT2D eigenvalue weighted by Gasteiger charge is -2.26. The van der Waals surface area contributed by atoms with Crippen LogP contribution in [0.5, 0.6) is 0 Å². The van der Waals surface area contributed by atoms with Crippen LogP contribution >= 0.6 is 0 Å². The highest BCUT2D eigenvalue weighted by atomic mass is 16.1. The number of amides is 1. The van der Waals surface area contributed by atoms with E-state index in [4.69, 9.17) is 0 Å². The second-order valence-corrected chi connectivity index (χ2v) is 5.90. The minimum Gasteiger partial charge on any atom is -0.356 e. The first-order valence-electron chi connectivity index (χ1n) is 7.62. The molecule has 0 aliphatic carbocycles. The smallest absolute Gasteiger partial charge is 0.221 e. The maximum Gasteiger partial charge on any atom is 0.221 e. The average molecular weight is 268 g/mol. The molecule has 5 heteroatoms. The Balaban J connectivity index is 1.49. The van der Waals surface area contributed by atoms with Gasteiger partial charge in [0.15, 0.2) is 0 Å². The highest BCUT2D eigenvalue weighted by molar-refractivity contribution is 5.76. The quantitative estimate of drug-likeness (QED) is 0.697. The monoisotopic (exact) mass is 268 g/mol.